The molecule has 1 amide bonds. The maximum Gasteiger partial charge on any atom is 0.270 e. The minimum atomic E-state index is -0.0574. The number of morpholine rings is 1. The van der Waals surface area contributed by atoms with Gasteiger partial charge in [0.25, 0.3) is 5.91 Å². The predicted octanol–water partition coefficient (Wildman–Crippen LogP) is 4.78. The van der Waals surface area contributed by atoms with E-state index >= 15 is 0 Å². The zero-order valence-electron chi connectivity index (χ0n) is 16.8. The number of carbonyl (C=O) groups excluding carboxylic acids is 1. The molecule has 4 rings (SSSR count). The zero-order valence-corrected chi connectivity index (χ0v) is 19.2. The van der Waals surface area contributed by atoms with Crippen LogP contribution in [0.5, 0.6) is 5.75 Å². The smallest absolute Gasteiger partial charge is 0.270 e. The molecule has 0 unspecified atom stereocenters. The third kappa shape index (κ3) is 5.12. The van der Waals surface area contributed by atoms with Gasteiger partial charge in [-0.25, -0.2) is 4.98 Å². The third-order valence-corrected chi connectivity index (χ3v) is 7.14. The van der Waals surface area contributed by atoms with E-state index in [1.165, 1.54) is 22.7 Å². The Kier molecular flexibility index (Phi) is 7.22. The summed E-state index contributed by atoms with van der Waals surface area (Å²) in [5.74, 6) is 0.758. The van der Waals surface area contributed by atoms with Crippen LogP contribution in [0.3, 0.4) is 0 Å². The molecule has 0 aliphatic carbocycles. The van der Waals surface area contributed by atoms with Gasteiger partial charge in [0.2, 0.25) is 0 Å². The summed E-state index contributed by atoms with van der Waals surface area (Å²) in [6.07, 6.45) is 0.866. The molecule has 6 nitrogen and oxygen atoms in total. The number of amides is 1. The average Bonchev–Trinajstić information content (AvgIpc) is 3.37. The van der Waals surface area contributed by atoms with Crippen LogP contribution in [0.25, 0.3) is 10.2 Å². The number of nitrogens with zero attached hydrogens (tertiary/aromatic N) is 3. The first-order valence-electron chi connectivity index (χ1n) is 10.0. The van der Waals surface area contributed by atoms with Crippen molar-refractivity contribution in [1.82, 2.24) is 9.88 Å². The Balaban J connectivity index is 1.55. The topological polar surface area (TPSA) is 54.9 Å². The van der Waals surface area contributed by atoms with E-state index in [9.17, 15) is 4.79 Å². The molecule has 0 N–H and O–H groups in total. The van der Waals surface area contributed by atoms with Crippen LogP contribution in [0.4, 0.5) is 5.13 Å². The van der Waals surface area contributed by atoms with E-state index in [-0.39, 0.29) is 5.91 Å². The summed E-state index contributed by atoms with van der Waals surface area (Å²) in [5.41, 5.74) is 0.869. The van der Waals surface area contributed by atoms with Gasteiger partial charge < -0.3 is 9.47 Å². The molecule has 30 heavy (non-hydrogen) atoms. The molecule has 0 saturated carbocycles. The summed E-state index contributed by atoms with van der Waals surface area (Å²) in [6.45, 7) is 7.53. The highest BCUT2D eigenvalue weighted by molar-refractivity contribution is 7.22. The van der Waals surface area contributed by atoms with Gasteiger partial charge in [-0.05, 0) is 43.7 Å². The van der Waals surface area contributed by atoms with Gasteiger partial charge in [0.1, 0.15) is 5.75 Å². The number of hydrogen-bond acceptors (Lipinski definition) is 7. The van der Waals surface area contributed by atoms with Crippen molar-refractivity contribution < 1.29 is 14.3 Å². The molecule has 1 aromatic carbocycles. The van der Waals surface area contributed by atoms with Crippen molar-refractivity contribution >= 4 is 55.5 Å². The predicted molar refractivity (Wildman–Crippen MR) is 124 cm³/mol. The first-order chi connectivity index (χ1) is 14.6. The van der Waals surface area contributed by atoms with Gasteiger partial charge >= 0.3 is 0 Å². The van der Waals surface area contributed by atoms with Crippen LogP contribution < -0.4 is 9.64 Å². The van der Waals surface area contributed by atoms with Crippen LogP contribution in [0.1, 0.15) is 23.0 Å². The lowest BCUT2D eigenvalue weighted by atomic mass is 10.3. The Morgan fingerprint density at radius 3 is 2.83 bits per heavy atom. The van der Waals surface area contributed by atoms with E-state index in [0.29, 0.717) is 27.5 Å². The maximum absolute atomic E-state index is 13.3. The van der Waals surface area contributed by atoms with Gasteiger partial charge in [-0.1, -0.05) is 22.9 Å². The molecule has 9 heteroatoms. The van der Waals surface area contributed by atoms with Crippen molar-refractivity contribution in [3.8, 4) is 5.75 Å². The number of benzene rings is 1. The van der Waals surface area contributed by atoms with Crippen molar-refractivity contribution in [2.75, 3.05) is 50.9 Å². The number of fused-ring (bicyclic) bond motifs is 1. The van der Waals surface area contributed by atoms with Gasteiger partial charge in [0.15, 0.2) is 5.13 Å². The Hall–Kier alpha value is -1.71. The molecule has 0 atom stereocenters. The van der Waals surface area contributed by atoms with Crippen molar-refractivity contribution in [3.63, 3.8) is 0 Å². The first kappa shape index (κ1) is 21.5. The molecule has 1 aliphatic heterocycles. The van der Waals surface area contributed by atoms with Crippen LogP contribution in [-0.4, -0.2) is 61.8 Å². The van der Waals surface area contributed by atoms with Crippen LogP contribution in [0.2, 0.25) is 4.34 Å². The van der Waals surface area contributed by atoms with Gasteiger partial charge in [-0.15, -0.1) is 11.3 Å². The lowest BCUT2D eigenvalue weighted by molar-refractivity contribution is 0.0376. The second kappa shape index (κ2) is 10.1. The van der Waals surface area contributed by atoms with E-state index in [1.54, 1.807) is 17.0 Å². The Morgan fingerprint density at radius 1 is 1.27 bits per heavy atom. The maximum atomic E-state index is 13.3. The van der Waals surface area contributed by atoms with E-state index in [1.807, 2.05) is 25.1 Å². The molecule has 3 heterocycles. The summed E-state index contributed by atoms with van der Waals surface area (Å²) in [5, 5.41) is 0.704. The molecule has 3 aromatic rings. The molecular weight excluding hydrogens is 442 g/mol. The summed E-state index contributed by atoms with van der Waals surface area (Å²) < 4.78 is 12.6. The largest absolute Gasteiger partial charge is 0.494 e. The summed E-state index contributed by atoms with van der Waals surface area (Å²) >= 11 is 8.89. The Morgan fingerprint density at radius 2 is 2.10 bits per heavy atom. The van der Waals surface area contributed by atoms with Crippen LogP contribution in [-0.2, 0) is 4.74 Å². The molecular formula is C21H24ClN3O3S2. The number of rotatable bonds is 8. The molecule has 1 aliphatic rings. The molecule has 1 saturated heterocycles. The van der Waals surface area contributed by atoms with E-state index < -0.39 is 0 Å². The highest BCUT2D eigenvalue weighted by atomic mass is 35.5. The van der Waals surface area contributed by atoms with Crippen molar-refractivity contribution in [3.05, 3.63) is 39.5 Å². The third-order valence-electron chi connectivity index (χ3n) is 4.88. The molecule has 0 bridgehead atoms. The number of thiophene rings is 1. The van der Waals surface area contributed by atoms with Crippen LogP contribution in [0, 0.1) is 0 Å². The van der Waals surface area contributed by atoms with Gasteiger partial charge in [0.05, 0.1) is 39.3 Å². The summed E-state index contributed by atoms with van der Waals surface area (Å²) in [6, 6.07) is 9.39. The lowest BCUT2D eigenvalue weighted by Gasteiger charge is -2.27. The molecule has 1 fully saturated rings. The molecule has 2 aromatic heterocycles. The lowest BCUT2D eigenvalue weighted by Crippen LogP contribution is -2.39. The minimum Gasteiger partial charge on any atom is -0.494 e. The molecule has 0 radical (unpaired) electrons. The SMILES string of the molecule is CCOc1ccc2nc(N(CCCN3CCOCC3)C(=O)c3ccc(Cl)s3)sc2c1. The second-order valence-electron chi connectivity index (χ2n) is 6.93. The van der Waals surface area contributed by atoms with Crippen molar-refractivity contribution in [1.29, 1.82) is 0 Å². The first-order valence-corrected chi connectivity index (χ1v) is 12.1. The number of thiazole rings is 1. The summed E-state index contributed by atoms with van der Waals surface area (Å²) in [4.78, 5) is 22.8. The number of aromatic nitrogens is 1. The summed E-state index contributed by atoms with van der Waals surface area (Å²) in [7, 11) is 0. The highest BCUT2D eigenvalue weighted by Crippen LogP contribution is 2.33. The number of carbonyl (C=O) groups is 1. The van der Waals surface area contributed by atoms with Crippen molar-refractivity contribution in [2.45, 2.75) is 13.3 Å². The fraction of sp³-hybridized carbons (Fsp3) is 0.429. The number of anilines is 1. The monoisotopic (exact) mass is 465 g/mol. The van der Waals surface area contributed by atoms with E-state index in [4.69, 9.17) is 26.1 Å². The number of halogens is 1. The fourth-order valence-corrected chi connectivity index (χ4v) is 5.40. The van der Waals surface area contributed by atoms with Crippen LogP contribution in [0.15, 0.2) is 30.3 Å². The van der Waals surface area contributed by atoms with E-state index in [2.05, 4.69) is 4.90 Å². The fourth-order valence-electron chi connectivity index (χ4n) is 3.39. The Bertz CT molecular complexity index is 1000. The van der Waals surface area contributed by atoms with Gasteiger partial charge in [0, 0.05) is 26.2 Å². The van der Waals surface area contributed by atoms with Crippen molar-refractivity contribution in [2.24, 2.45) is 0 Å². The molecule has 160 valence electrons. The number of ether oxygens (including phenoxy) is 2. The number of hydrogen-bond donors (Lipinski definition) is 0. The van der Waals surface area contributed by atoms with Gasteiger partial charge in [-0.3, -0.25) is 14.6 Å². The standard InChI is InChI=1S/C21H24ClN3O3S2/c1-2-28-15-4-5-16-18(14-15)30-21(23-16)25(20(26)17-6-7-19(22)29-17)9-3-8-24-10-12-27-13-11-24/h4-7,14H,2-3,8-13H2,1H3. The Labute approximate surface area is 189 Å². The zero-order chi connectivity index (χ0) is 20.9. The second-order valence-corrected chi connectivity index (χ2v) is 9.65. The van der Waals surface area contributed by atoms with Crippen LogP contribution >= 0.6 is 34.3 Å². The highest BCUT2D eigenvalue weighted by Gasteiger charge is 2.23. The average molecular weight is 466 g/mol. The van der Waals surface area contributed by atoms with Gasteiger partial charge in [-0.2, -0.15) is 0 Å². The minimum absolute atomic E-state index is 0.0574. The quantitative estimate of drug-likeness (QED) is 0.479. The normalized spacial score (nSPS) is 14.9. The van der Waals surface area contributed by atoms with E-state index in [0.717, 1.165) is 55.2 Å². The molecule has 0 spiro atoms.